The highest BCUT2D eigenvalue weighted by Crippen LogP contribution is 2.23. The molecule has 3 aromatic rings. The summed E-state index contributed by atoms with van der Waals surface area (Å²) in [5.74, 6) is 0. The van der Waals surface area contributed by atoms with Gasteiger partial charge in [0, 0.05) is 26.8 Å². The summed E-state index contributed by atoms with van der Waals surface area (Å²) in [6, 6.07) is 14.5. The molecule has 0 atom stereocenters. The Balaban J connectivity index is 1.82. The highest BCUT2D eigenvalue weighted by Gasteiger charge is 2.05. The average molecular weight is 363 g/mol. The number of furan rings is 1. The molecule has 1 N–H and O–H groups in total. The molecule has 0 unspecified atom stereocenters. The van der Waals surface area contributed by atoms with Gasteiger partial charge >= 0.3 is 0 Å². The number of nitrogens with one attached hydrogen (secondary N) is 1. The van der Waals surface area contributed by atoms with Gasteiger partial charge in [0.2, 0.25) is 0 Å². The molecule has 0 saturated heterocycles. The molecule has 0 aliphatic rings. The first-order chi connectivity index (χ1) is 9.24. The van der Waals surface area contributed by atoms with E-state index in [-0.39, 0.29) is 0 Å². The molecule has 1 heterocycles. The van der Waals surface area contributed by atoms with Crippen molar-refractivity contribution in [1.82, 2.24) is 0 Å². The zero-order valence-electron chi connectivity index (χ0n) is 10.6. The summed E-state index contributed by atoms with van der Waals surface area (Å²) in [5, 5.41) is 4.65. The Labute approximate surface area is 126 Å². The summed E-state index contributed by atoms with van der Waals surface area (Å²) in [6.07, 6.45) is 1.83. The number of fused-ring (bicyclic) bond motifs is 1. The molecule has 0 aliphatic heterocycles. The van der Waals surface area contributed by atoms with Crippen LogP contribution >= 0.6 is 22.6 Å². The van der Waals surface area contributed by atoms with E-state index in [1.165, 1.54) is 25.8 Å². The van der Waals surface area contributed by atoms with Crippen molar-refractivity contribution in [1.29, 1.82) is 0 Å². The van der Waals surface area contributed by atoms with Gasteiger partial charge in [0.05, 0.1) is 6.26 Å². The minimum Gasteiger partial charge on any atom is -0.464 e. The molecule has 2 nitrogen and oxygen atoms in total. The second kappa shape index (κ2) is 5.25. The lowest BCUT2D eigenvalue weighted by Crippen LogP contribution is -2.00. The van der Waals surface area contributed by atoms with E-state index in [4.69, 9.17) is 4.42 Å². The lowest BCUT2D eigenvalue weighted by molar-refractivity contribution is 0.611. The first-order valence-electron chi connectivity index (χ1n) is 6.19. The van der Waals surface area contributed by atoms with E-state index in [2.05, 4.69) is 59.1 Å². The van der Waals surface area contributed by atoms with Crippen LogP contribution in [0.3, 0.4) is 0 Å². The van der Waals surface area contributed by atoms with Crippen LogP contribution in [0.2, 0.25) is 0 Å². The Bertz CT molecular complexity index is 718. The van der Waals surface area contributed by atoms with Gasteiger partial charge in [-0.2, -0.15) is 0 Å². The Morgan fingerprint density at radius 1 is 1.16 bits per heavy atom. The van der Waals surface area contributed by atoms with Crippen LogP contribution < -0.4 is 5.32 Å². The van der Waals surface area contributed by atoms with E-state index in [1.807, 2.05) is 24.5 Å². The third-order valence-corrected chi connectivity index (χ3v) is 3.89. The molecule has 0 radical (unpaired) electrons. The van der Waals surface area contributed by atoms with E-state index in [1.54, 1.807) is 0 Å². The van der Waals surface area contributed by atoms with Gasteiger partial charge in [-0.15, -0.1) is 0 Å². The molecule has 96 valence electrons. The summed E-state index contributed by atoms with van der Waals surface area (Å²) >= 11 is 2.33. The lowest BCUT2D eigenvalue weighted by atomic mass is 10.1. The summed E-state index contributed by atoms with van der Waals surface area (Å²) in [6.45, 7) is 2.90. The number of rotatable bonds is 3. The molecular formula is C16H14INO. The predicted molar refractivity (Wildman–Crippen MR) is 87.4 cm³/mol. The number of aryl methyl sites for hydroxylation is 1. The van der Waals surface area contributed by atoms with Crippen molar-refractivity contribution in [2.24, 2.45) is 0 Å². The zero-order valence-corrected chi connectivity index (χ0v) is 12.8. The van der Waals surface area contributed by atoms with Crippen LogP contribution in [0.1, 0.15) is 11.1 Å². The van der Waals surface area contributed by atoms with E-state index < -0.39 is 0 Å². The Kier molecular flexibility index (Phi) is 3.46. The van der Waals surface area contributed by atoms with Crippen LogP contribution in [0.4, 0.5) is 5.69 Å². The first kappa shape index (κ1) is 12.5. The quantitative estimate of drug-likeness (QED) is 0.666. The first-order valence-corrected chi connectivity index (χ1v) is 7.27. The molecule has 3 heteroatoms. The number of benzene rings is 2. The molecule has 0 aliphatic carbocycles. The summed E-state index contributed by atoms with van der Waals surface area (Å²) in [4.78, 5) is 0. The Morgan fingerprint density at radius 3 is 2.84 bits per heavy atom. The predicted octanol–water partition coefficient (Wildman–Crippen LogP) is 4.96. The van der Waals surface area contributed by atoms with Gasteiger partial charge < -0.3 is 9.73 Å². The average Bonchev–Trinajstić information content (AvgIpc) is 2.81. The second-order valence-corrected chi connectivity index (χ2v) is 5.82. The van der Waals surface area contributed by atoms with Crippen LogP contribution in [-0.4, -0.2) is 0 Å². The van der Waals surface area contributed by atoms with Crippen molar-refractivity contribution in [3.8, 4) is 0 Å². The third-order valence-electron chi connectivity index (χ3n) is 3.22. The summed E-state index contributed by atoms with van der Waals surface area (Å²) < 4.78 is 6.80. The normalized spacial score (nSPS) is 10.8. The molecule has 19 heavy (non-hydrogen) atoms. The van der Waals surface area contributed by atoms with Crippen molar-refractivity contribution in [3.63, 3.8) is 0 Å². The van der Waals surface area contributed by atoms with E-state index in [9.17, 15) is 0 Å². The van der Waals surface area contributed by atoms with Gasteiger partial charge in [-0.25, -0.2) is 0 Å². The summed E-state index contributed by atoms with van der Waals surface area (Å²) in [7, 11) is 0. The minimum atomic E-state index is 0.776. The van der Waals surface area contributed by atoms with Crippen molar-refractivity contribution < 1.29 is 4.42 Å². The number of hydrogen-bond acceptors (Lipinski definition) is 2. The number of anilines is 1. The monoisotopic (exact) mass is 363 g/mol. The van der Waals surface area contributed by atoms with Crippen molar-refractivity contribution in [3.05, 3.63) is 63.4 Å². The molecule has 0 bridgehead atoms. The van der Waals surface area contributed by atoms with Gasteiger partial charge in [-0.1, -0.05) is 18.2 Å². The molecule has 1 aromatic heterocycles. The third kappa shape index (κ3) is 2.61. The van der Waals surface area contributed by atoms with Crippen LogP contribution in [0.15, 0.2) is 53.1 Å². The second-order valence-electron chi connectivity index (χ2n) is 4.57. The van der Waals surface area contributed by atoms with E-state index in [0.717, 1.165) is 12.1 Å². The van der Waals surface area contributed by atoms with Crippen molar-refractivity contribution in [2.75, 3.05) is 5.32 Å². The van der Waals surface area contributed by atoms with Gasteiger partial charge in [0.15, 0.2) is 0 Å². The Hall–Kier alpha value is -1.49. The maximum absolute atomic E-state index is 5.55. The summed E-state index contributed by atoms with van der Waals surface area (Å²) in [5.41, 5.74) is 4.57. The van der Waals surface area contributed by atoms with Crippen LogP contribution in [0.5, 0.6) is 0 Å². The van der Waals surface area contributed by atoms with E-state index in [0.29, 0.717) is 0 Å². The number of hydrogen-bond donors (Lipinski definition) is 1. The topological polar surface area (TPSA) is 25.2 Å². The molecule has 2 aromatic carbocycles. The minimum absolute atomic E-state index is 0.776. The molecule has 0 saturated carbocycles. The fourth-order valence-electron chi connectivity index (χ4n) is 2.19. The number of halogens is 1. The number of para-hydroxylation sites is 1. The zero-order chi connectivity index (χ0) is 13.2. The Morgan fingerprint density at radius 2 is 2.00 bits per heavy atom. The van der Waals surface area contributed by atoms with Gasteiger partial charge in [-0.3, -0.25) is 0 Å². The molecule has 0 spiro atoms. The van der Waals surface area contributed by atoms with Gasteiger partial charge in [0.1, 0.15) is 5.58 Å². The fourth-order valence-corrected chi connectivity index (χ4v) is 2.83. The SMILES string of the molecule is Cc1cc(I)ccc1NCc1coc2ccccc12. The van der Waals surface area contributed by atoms with Gasteiger partial charge in [-0.05, 0) is 59.3 Å². The lowest BCUT2D eigenvalue weighted by Gasteiger charge is -2.09. The van der Waals surface area contributed by atoms with Crippen molar-refractivity contribution >= 4 is 39.2 Å². The van der Waals surface area contributed by atoms with Crippen LogP contribution in [0, 0.1) is 10.5 Å². The van der Waals surface area contributed by atoms with Crippen LogP contribution in [-0.2, 0) is 6.54 Å². The maximum Gasteiger partial charge on any atom is 0.134 e. The highest BCUT2D eigenvalue weighted by atomic mass is 127. The standard InChI is InChI=1S/C16H14INO/c1-11-8-13(17)6-7-15(11)18-9-12-10-19-16-5-3-2-4-14(12)16/h2-8,10,18H,9H2,1H3. The highest BCUT2D eigenvalue weighted by molar-refractivity contribution is 14.1. The van der Waals surface area contributed by atoms with E-state index >= 15 is 0 Å². The van der Waals surface area contributed by atoms with Crippen LogP contribution in [0.25, 0.3) is 11.0 Å². The largest absolute Gasteiger partial charge is 0.464 e. The molecule has 0 fully saturated rings. The molecule has 0 amide bonds. The fraction of sp³-hybridized carbons (Fsp3) is 0.125. The van der Waals surface area contributed by atoms with Gasteiger partial charge in [0.25, 0.3) is 0 Å². The smallest absolute Gasteiger partial charge is 0.134 e. The molecule has 3 rings (SSSR count). The van der Waals surface area contributed by atoms with Crippen molar-refractivity contribution in [2.45, 2.75) is 13.5 Å². The maximum atomic E-state index is 5.55. The molecular weight excluding hydrogens is 349 g/mol.